The SMILES string of the molecule is CCc1ccc(C#Cc2ccc3cc(CCc4ccc(CC)cc4)ccc3c2F)cc1. The van der Waals surface area contributed by atoms with E-state index >= 15 is 4.39 Å². The van der Waals surface area contributed by atoms with Crippen LogP contribution in [0.2, 0.25) is 0 Å². The molecule has 0 aliphatic rings. The maximum atomic E-state index is 15.0. The molecule has 0 saturated heterocycles. The number of rotatable bonds is 5. The Kier molecular flexibility index (Phi) is 6.48. The maximum Gasteiger partial charge on any atom is 0.146 e. The summed E-state index contributed by atoms with van der Waals surface area (Å²) in [6.07, 6.45) is 3.99. The van der Waals surface area contributed by atoms with E-state index in [0.717, 1.165) is 36.6 Å². The molecule has 4 aromatic rings. The fourth-order valence-corrected chi connectivity index (χ4v) is 3.79. The first-order valence-corrected chi connectivity index (χ1v) is 11.1. The van der Waals surface area contributed by atoms with Crippen LogP contribution in [-0.2, 0) is 25.7 Å². The molecule has 0 aliphatic heterocycles. The molecule has 0 radical (unpaired) electrons. The van der Waals surface area contributed by atoms with Gasteiger partial charge in [0.1, 0.15) is 5.82 Å². The summed E-state index contributed by atoms with van der Waals surface area (Å²) in [6, 6.07) is 26.7. The first kappa shape index (κ1) is 20.9. The van der Waals surface area contributed by atoms with Crippen LogP contribution in [0.4, 0.5) is 4.39 Å². The number of halogens is 1. The quantitative estimate of drug-likeness (QED) is 0.305. The van der Waals surface area contributed by atoms with Gasteiger partial charge in [-0.3, -0.25) is 0 Å². The Bertz CT molecular complexity index is 1240. The first-order chi connectivity index (χ1) is 15.2. The van der Waals surface area contributed by atoms with Crippen LogP contribution < -0.4 is 0 Å². The molecule has 0 amide bonds. The molecule has 0 atom stereocenters. The van der Waals surface area contributed by atoms with Crippen LogP contribution in [0.15, 0.2) is 78.9 Å². The van der Waals surface area contributed by atoms with E-state index < -0.39 is 0 Å². The van der Waals surface area contributed by atoms with Crippen molar-refractivity contribution in [3.05, 3.63) is 118 Å². The second-order valence-corrected chi connectivity index (χ2v) is 7.95. The van der Waals surface area contributed by atoms with Crippen LogP contribution in [-0.4, -0.2) is 0 Å². The molecule has 0 N–H and O–H groups in total. The fourth-order valence-electron chi connectivity index (χ4n) is 3.79. The third kappa shape index (κ3) is 5.04. The Labute approximate surface area is 184 Å². The van der Waals surface area contributed by atoms with Crippen molar-refractivity contribution in [2.24, 2.45) is 0 Å². The summed E-state index contributed by atoms with van der Waals surface area (Å²) in [6.45, 7) is 4.30. The molecule has 0 bridgehead atoms. The summed E-state index contributed by atoms with van der Waals surface area (Å²) in [4.78, 5) is 0. The highest BCUT2D eigenvalue weighted by atomic mass is 19.1. The van der Waals surface area contributed by atoms with Gasteiger partial charge in [-0.1, -0.05) is 86.4 Å². The second-order valence-electron chi connectivity index (χ2n) is 7.95. The molecule has 0 aliphatic carbocycles. The number of hydrogen-bond donors (Lipinski definition) is 0. The average Bonchev–Trinajstić information content (AvgIpc) is 2.83. The molecule has 0 spiro atoms. The molecular formula is C30H27F. The van der Waals surface area contributed by atoms with E-state index in [1.807, 2.05) is 30.3 Å². The van der Waals surface area contributed by atoms with Gasteiger partial charge in [0, 0.05) is 10.9 Å². The van der Waals surface area contributed by atoms with Gasteiger partial charge in [0.25, 0.3) is 0 Å². The van der Waals surface area contributed by atoms with E-state index in [4.69, 9.17) is 0 Å². The van der Waals surface area contributed by atoms with Crippen LogP contribution in [0.1, 0.15) is 47.2 Å². The van der Waals surface area contributed by atoms with E-state index in [0.29, 0.717) is 10.9 Å². The summed E-state index contributed by atoms with van der Waals surface area (Å²) in [7, 11) is 0. The van der Waals surface area contributed by atoms with Gasteiger partial charge in [0.2, 0.25) is 0 Å². The van der Waals surface area contributed by atoms with Crippen molar-refractivity contribution < 1.29 is 4.39 Å². The van der Waals surface area contributed by atoms with Crippen LogP contribution in [0.25, 0.3) is 10.8 Å². The Hall–Kier alpha value is -3.37. The third-order valence-electron chi connectivity index (χ3n) is 5.86. The van der Waals surface area contributed by atoms with E-state index in [1.54, 1.807) is 6.07 Å². The molecule has 0 unspecified atom stereocenters. The Morgan fingerprint density at radius 2 is 1.19 bits per heavy atom. The minimum absolute atomic E-state index is 0.239. The van der Waals surface area contributed by atoms with Crippen LogP contribution in [0, 0.1) is 17.7 Å². The summed E-state index contributed by atoms with van der Waals surface area (Å²) in [5.41, 5.74) is 6.54. The summed E-state index contributed by atoms with van der Waals surface area (Å²) in [5, 5.41) is 1.55. The Balaban J connectivity index is 1.51. The number of hydrogen-bond acceptors (Lipinski definition) is 0. The van der Waals surface area contributed by atoms with Crippen molar-refractivity contribution in [1.82, 2.24) is 0 Å². The zero-order valence-electron chi connectivity index (χ0n) is 18.2. The fraction of sp³-hybridized carbons (Fsp3) is 0.200. The molecule has 0 fully saturated rings. The molecule has 0 nitrogen and oxygen atoms in total. The normalized spacial score (nSPS) is 10.7. The molecule has 4 rings (SSSR count). The highest BCUT2D eigenvalue weighted by Crippen LogP contribution is 2.23. The van der Waals surface area contributed by atoms with Crippen molar-refractivity contribution in [2.45, 2.75) is 39.5 Å². The standard InChI is InChI=1S/C30H27F/c1-3-22-5-9-24(10-6-22)13-14-26-16-20-29-28(21-26)19-18-27(30(29)31)17-15-25-11-7-23(4-2)8-12-25/h5-12,16,18-21H,3-4,13-14H2,1-2H3. The summed E-state index contributed by atoms with van der Waals surface area (Å²) < 4.78 is 15.0. The van der Waals surface area contributed by atoms with E-state index in [-0.39, 0.29) is 5.82 Å². The zero-order chi connectivity index (χ0) is 21.6. The van der Waals surface area contributed by atoms with E-state index in [1.165, 1.54) is 22.3 Å². The average molecular weight is 407 g/mol. The predicted molar refractivity (Wildman–Crippen MR) is 129 cm³/mol. The molecule has 4 aromatic carbocycles. The lowest BCUT2D eigenvalue weighted by Gasteiger charge is -2.07. The molecule has 0 heterocycles. The van der Waals surface area contributed by atoms with Crippen LogP contribution in [0.3, 0.4) is 0 Å². The minimum atomic E-state index is -0.239. The van der Waals surface area contributed by atoms with Crippen molar-refractivity contribution in [2.75, 3.05) is 0 Å². The molecule has 154 valence electrons. The maximum absolute atomic E-state index is 15.0. The van der Waals surface area contributed by atoms with Gasteiger partial charge in [0.15, 0.2) is 0 Å². The van der Waals surface area contributed by atoms with Gasteiger partial charge in [0.05, 0.1) is 5.56 Å². The summed E-state index contributed by atoms with van der Waals surface area (Å²) >= 11 is 0. The number of fused-ring (bicyclic) bond motifs is 1. The lowest BCUT2D eigenvalue weighted by molar-refractivity contribution is 0.636. The van der Waals surface area contributed by atoms with Gasteiger partial charge in [-0.05, 0) is 71.5 Å². The van der Waals surface area contributed by atoms with E-state index in [2.05, 4.69) is 68.2 Å². The Morgan fingerprint density at radius 3 is 1.87 bits per heavy atom. The highest BCUT2D eigenvalue weighted by Gasteiger charge is 2.07. The second kappa shape index (κ2) is 9.63. The smallest absolute Gasteiger partial charge is 0.146 e. The minimum Gasteiger partial charge on any atom is -0.205 e. The van der Waals surface area contributed by atoms with Crippen molar-refractivity contribution in [1.29, 1.82) is 0 Å². The first-order valence-electron chi connectivity index (χ1n) is 11.1. The molecule has 1 heteroatoms. The largest absolute Gasteiger partial charge is 0.205 e. The topological polar surface area (TPSA) is 0 Å². The van der Waals surface area contributed by atoms with Crippen molar-refractivity contribution in [3.63, 3.8) is 0 Å². The van der Waals surface area contributed by atoms with Crippen molar-refractivity contribution in [3.8, 4) is 11.8 Å². The van der Waals surface area contributed by atoms with Gasteiger partial charge >= 0.3 is 0 Å². The van der Waals surface area contributed by atoms with Gasteiger partial charge in [-0.15, -0.1) is 0 Å². The van der Waals surface area contributed by atoms with Crippen LogP contribution >= 0.6 is 0 Å². The predicted octanol–water partition coefficient (Wildman–Crippen LogP) is 7.29. The highest BCUT2D eigenvalue weighted by molar-refractivity contribution is 5.85. The molecular weight excluding hydrogens is 379 g/mol. The van der Waals surface area contributed by atoms with Gasteiger partial charge in [-0.2, -0.15) is 0 Å². The third-order valence-corrected chi connectivity index (χ3v) is 5.86. The zero-order valence-corrected chi connectivity index (χ0v) is 18.2. The van der Waals surface area contributed by atoms with Crippen molar-refractivity contribution >= 4 is 10.8 Å². The van der Waals surface area contributed by atoms with Crippen LogP contribution in [0.5, 0.6) is 0 Å². The monoisotopic (exact) mass is 406 g/mol. The lowest BCUT2D eigenvalue weighted by atomic mass is 9.99. The van der Waals surface area contributed by atoms with E-state index in [9.17, 15) is 0 Å². The molecule has 0 saturated carbocycles. The molecule has 0 aromatic heterocycles. The summed E-state index contributed by atoms with van der Waals surface area (Å²) in [5.74, 6) is 5.85. The van der Waals surface area contributed by atoms with Gasteiger partial charge < -0.3 is 0 Å². The molecule has 31 heavy (non-hydrogen) atoms. The van der Waals surface area contributed by atoms with Gasteiger partial charge in [-0.25, -0.2) is 4.39 Å². The Morgan fingerprint density at radius 1 is 0.613 bits per heavy atom. The number of benzene rings is 4. The lowest BCUT2D eigenvalue weighted by Crippen LogP contribution is -1.93. The number of aryl methyl sites for hydroxylation is 4.